The van der Waals surface area contributed by atoms with Crippen molar-refractivity contribution in [1.82, 2.24) is 0 Å². The molecule has 1 aromatic rings. The van der Waals surface area contributed by atoms with E-state index in [1.165, 1.54) is 21.6 Å². The molecule has 0 aromatic heterocycles. The zero-order valence-corrected chi connectivity index (χ0v) is 11.5. The molecule has 0 amide bonds. The van der Waals surface area contributed by atoms with E-state index >= 15 is 0 Å². The number of carbonyl (C=O) groups excluding carboxylic acids is 1. The summed E-state index contributed by atoms with van der Waals surface area (Å²) in [5.41, 5.74) is 5.03. The Balaban J connectivity index is 2.16. The van der Waals surface area contributed by atoms with Crippen LogP contribution in [0.15, 0.2) is 41.5 Å². The minimum absolute atomic E-state index is 0.120. The number of hydrogen-bond acceptors (Lipinski definition) is 2. The Labute approximate surface area is 112 Å². The monoisotopic (exact) mass is 256 g/mol. The van der Waals surface area contributed by atoms with Crippen molar-refractivity contribution in [1.29, 1.82) is 0 Å². The van der Waals surface area contributed by atoms with Gasteiger partial charge in [0.2, 0.25) is 0 Å². The van der Waals surface area contributed by atoms with Gasteiger partial charge in [-0.3, -0.25) is 4.79 Å². The second-order valence-corrected chi connectivity index (χ2v) is 6.97. The number of hydrogen-bond donors (Lipinski definition) is 0. The first kappa shape index (κ1) is 11.8. The number of benzene rings is 1. The van der Waals surface area contributed by atoms with Crippen molar-refractivity contribution >= 4 is 23.0 Å². The molecule has 1 aliphatic carbocycles. The van der Waals surface area contributed by atoms with Crippen LogP contribution in [0, 0.1) is 0 Å². The molecular weight excluding hydrogens is 240 g/mol. The van der Waals surface area contributed by atoms with E-state index in [4.69, 9.17) is 0 Å². The Hall–Kier alpha value is -1.28. The third-order valence-corrected chi connectivity index (χ3v) is 5.16. The fourth-order valence-corrected chi connectivity index (χ4v) is 3.96. The van der Waals surface area contributed by atoms with Crippen LogP contribution in [-0.4, -0.2) is 11.0 Å². The van der Waals surface area contributed by atoms with Gasteiger partial charge < -0.3 is 0 Å². The highest BCUT2D eigenvalue weighted by Gasteiger charge is 2.33. The highest BCUT2D eigenvalue weighted by Crippen LogP contribution is 2.50. The van der Waals surface area contributed by atoms with Crippen molar-refractivity contribution in [3.63, 3.8) is 0 Å². The van der Waals surface area contributed by atoms with Crippen LogP contribution in [0.3, 0.4) is 0 Å². The summed E-state index contributed by atoms with van der Waals surface area (Å²) in [6.07, 6.45) is 5.25. The van der Waals surface area contributed by atoms with Crippen LogP contribution in [0.1, 0.15) is 31.4 Å². The van der Waals surface area contributed by atoms with Crippen LogP contribution in [-0.2, 0) is 11.2 Å². The lowest BCUT2D eigenvalue weighted by Gasteiger charge is -2.34. The second kappa shape index (κ2) is 4.13. The average Bonchev–Trinajstić information content (AvgIpc) is 2.37. The van der Waals surface area contributed by atoms with Crippen LogP contribution < -0.4 is 0 Å². The Morgan fingerprint density at radius 3 is 2.78 bits per heavy atom. The van der Waals surface area contributed by atoms with Gasteiger partial charge in [-0.15, -0.1) is 11.8 Å². The minimum Gasteiger partial charge on any atom is -0.298 e. The maximum absolute atomic E-state index is 11.2. The molecule has 1 nitrogen and oxygen atoms in total. The van der Waals surface area contributed by atoms with Crippen LogP contribution in [0.25, 0.3) is 4.91 Å². The van der Waals surface area contributed by atoms with Crippen LogP contribution in [0.4, 0.5) is 0 Å². The number of carbonyl (C=O) groups is 1. The molecule has 0 unspecified atom stereocenters. The summed E-state index contributed by atoms with van der Waals surface area (Å²) in [5, 5.41) is 0. The predicted molar refractivity (Wildman–Crippen MR) is 77.5 cm³/mol. The average molecular weight is 256 g/mol. The van der Waals surface area contributed by atoms with E-state index in [2.05, 4.69) is 44.2 Å². The molecule has 1 heterocycles. The molecule has 0 bridgehead atoms. The van der Waals surface area contributed by atoms with Gasteiger partial charge in [-0.2, -0.15) is 0 Å². The van der Waals surface area contributed by atoms with Gasteiger partial charge in [0.25, 0.3) is 0 Å². The summed E-state index contributed by atoms with van der Waals surface area (Å²) in [6.45, 7) is 4.25. The normalized spacial score (nSPS) is 20.9. The van der Waals surface area contributed by atoms with Crippen LogP contribution in [0.5, 0.6) is 0 Å². The maximum Gasteiger partial charge on any atom is 0.147 e. The Morgan fingerprint density at radius 2 is 2.00 bits per heavy atom. The van der Waals surface area contributed by atoms with E-state index in [1.54, 1.807) is 0 Å². The number of allylic oxidation sites excluding steroid dienone is 2. The van der Waals surface area contributed by atoms with Crippen molar-refractivity contribution in [2.24, 2.45) is 0 Å². The van der Waals surface area contributed by atoms with Crippen molar-refractivity contribution in [3.8, 4) is 0 Å². The van der Waals surface area contributed by atoms with Gasteiger partial charge in [0.05, 0.1) is 0 Å². The smallest absolute Gasteiger partial charge is 0.147 e. The Kier molecular flexibility index (Phi) is 2.70. The molecular formula is C16H16OS. The molecule has 1 aromatic carbocycles. The molecule has 1 aliphatic heterocycles. The van der Waals surface area contributed by atoms with E-state index in [0.29, 0.717) is 0 Å². The van der Waals surface area contributed by atoms with Crippen molar-refractivity contribution in [2.75, 3.05) is 0 Å². The van der Waals surface area contributed by atoms with E-state index in [-0.39, 0.29) is 4.75 Å². The number of thioether (sulfide) groups is 1. The summed E-state index contributed by atoms with van der Waals surface area (Å²) in [6, 6.07) is 8.62. The summed E-state index contributed by atoms with van der Waals surface area (Å²) in [7, 11) is 0. The predicted octanol–water partition coefficient (Wildman–Crippen LogP) is 3.99. The van der Waals surface area contributed by atoms with Gasteiger partial charge in [-0.05, 0) is 43.4 Å². The number of fused-ring (bicyclic) bond motifs is 2. The fraction of sp³-hybridized carbons (Fsp3) is 0.312. The Morgan fingerprint density at radius 1 is 1.22 bits per heavy atom. The standard InChI is InChI=1S/C16H16OS/c1-16(2)13(10-17)9-12-8-7-11-5-3-4-6-14(11)15(12)18-16/h3-6,9-10H,7-8H2,1-2H3. The highest BCUT2D eigenvalue weighted by molar-refractivity contribution is 8.09. The fourth-order valence-electron chi connectivity index (χ4n) is 2.63. The first-order valence-corrected chi connectivity index (χ1v) is 7.11. The van der Waals surface area contributed by atoms with Crippen LogP contribution in [0.2, 0.25) is 0 Å². The zero-order valence-electron chi connectivity index (χ0n) is 10.7. The van der Waals surface area contributed by atoms with E-state index in [0.717, 1.165) is 24.7 Å². The lowest BCUT2D eigenvalue weighted by molar-refractivity contribution is -0.105. The van der Waals surface area contributed by atoms with Crippen molar-refractivity contribution in [3.05, 3.63) is 52.6 Å². The molecule has 0 saturated heterocycles. The van der Waals surface area contributed by atoms with Gasteiger partial charge in [-0.25, -0.2) is 0 Å². The molecule has 18 heavy (non-hydrogen) atoms. The third kappa shape index (κ3) is 1.76. The molecule has 92 valence electrons. The zero-order chi connectivity index (χ0) is 12.8. The quantitative estimate of drug-likeness (QED) is 0.707. The molecule has 0 atom stereocenters. The molecule has 0 fully saturated rings. The molecule has 0 radical (unpaired) electrons. The molecule has 2 aliphatic rings. The van der Waals surface area contributed by atoms with Crippen molar-refractivity contribution < 1.29 is 4.79 Å². The number of rotatable bonds is 1. The number of aryl methyl sites for hydroxylation is 1. The van der Waals surface area contributed by atoms with Gasteiger partial charge in [0.1, 0.15) is 6.29 Å². The third-order valence-electron chi connectivity index (χ3n) is 3.73. The van der Waals surface area contributed by atoms with Gasteiger partial charge >= 0.3 is 0 Å². The first-order valence-electron chi connectivity index (χ1n) is 6.29. The summed E-state index contributed by atoms with van der Waals surface area (Å²) < 4.78 is -0.120. The van der Waals surface area contributed by atoms with Crippen LogP contribution >= 0.6 is 11.8 Å². The Bertz CT molecular complexity index is 579. The van der Waals surface area contributed by atoms with E-state index in [1.807, 2.05) is 11.8 Å². The minimum atomic E-state index is -0.120. The van der Waals surface area contributed by atoms with E-state index < -0.39 is 0 Å². The summed E-state index contributed by atoms with van der Waals surface area (Å²) >= 11 is 1.83. The topological polar surface area (TPSA) is 17.1 Å². The van der Waals surface area contributed by atoms with Gasteiger partial charge in [0, 0.05) is 15.2 Å². The first-order chi connectivity index (χ1) is 8.62. The lowest BCUT2D eigenvalue weighted by atomic mass is 9.89. The number of aldehydes is 1. The van der Waals surface area contributed by atoms with Gasteiger partial charge in [-0.1, -0.05) is 30.3 Å². The molecule has 0 saturated carbocycles. The summed E-state index contributed by atoms with van der Waals surface area (Å²) in [5.74, 6) is 0. The maximum atomic E-state index is 11.2. The largest absolute Gasteiger partial charge is 0.298 e. The molecule has 2 heteroatoms. The lowest BCUT2D eigenvalue weighted by Crippen LogP contribution is -2.24. The van der Waals surface area contributed by atoms with E-state index in [9.17, 15) is 4.79 Å². The highest BCUT2D eigenvalue weighted by atomic mass is 32.2. The van der Waals surface area contributed by atoms with Crippen molar-refractivity contribution in [2.45, 2.75) is 31.4 Å². The molecule has 3 rings (SSSR count). The molecule has 0 N–H and O–H groups in total. The molecule has 0 spiro atoms. The summed E-state index contributed by atoms with van der Waals surface area (Å²) in [4.78, 5) is 12.6. The second-order valence-electron chi connectivity index (χ2n) is 5.34. The SMILES string of the molecule is CC1(C)SC2=C(C=C1C=O)CCc1ccccc12. The van der Waals surface area contributed by atoms with Gasteiger partial charge in [0.15, 0.2) is 0 Å².